The van der Waals surface area contributed by atoms with E-state index in [1.54, 1.807) is 0 Å². The minimum atomic E-state index is 0.191. The van der Waals surface area contributed by atoms with Gasteiger partial charge >= 0.3 is 0 Å². The maximum Gasteiger partial charge on any atom is 0.0635 e. The molecule has 0 aromatic carbocycles. The van der Waals surface area contributed by atoms with Crippen molar-refractivity contribution in [2.24, 2.45) is 0 Å². The fourth-order valence-corrected chi connectivity index (χ4v) is 0.795. The van der Waals surface area contributed by atoms with E-state index in [0.29, 0.717) is 6.42 Å². The molecule has 3 heteroatoms. The van der Waals surface area contributed by atoms with Crippen LogP contribution in [0, 0.1) is 11.3 Å². The van der Waals surface area contributed by atoms with Crippen molar-refractivity contribution in [2.45, 2.75) is 32.7 Å². The molecule has 70 valence electrons. The first-order chi connectivity index (χ1) is 5.56. The summed E-state index contributed by atoms with van der Waals surface area (Å²) >= 11 is 0. The van der Waals surface area contributed by atoms with Crippen molar-refractivity contribution in [3.8, 4) is 6.07 Å². The minimum Gasteiger partial charge on any atom is -0.314 e. The molecule has 0 heterocycles. The van der Waals surface area contributed by atoms with Crippen LogP contribution in [0.2, 0.25) is 0 Å². The molecule has 0 aliphatic carbocycles. The van der Waals surface area contributed by atoms with E-state index in [9.17, 15) is 0 Å². The summed E-state index contributed by atoms with van der Waals surface area (Å²) in [5.74, 6) is 0. The number of nitrogens with zero attached hydrogens (tertiary/aromatic N) is 1. The summed E-state index contributed by atoms with van der Waals surface area (Å²) < 4.78 is 0. The van der Waals surface area contributed by atoms with Crippen LogP contribution in [-0.4, -0.2) is 25.2 Å². The van der Waals surface area contributed by atoms with E-state index in [4.69, 9.17) is 5.26 Å². The molecule has 0 aliphatic heterocycles. The summed E-state index contributed by atoms with van der Waals surface area (Å²) in [6.45, 7) is 9.10. The van der Waals surface area contributed by atoms with Crippen molar-refractivity contribution in [2.75, 3.05) is 19.6 Å². The lowest BCUT2D eigenvalue weighted by Crippen LogP contribution is -2.40. The number of hydrogen-bond donors (Lipinski definition) is 2. The third kappa shape index (κ3) is 9.41. The standard InChI is InChI=1S/C9H19N3/c1-9(2,3)12-8-7-11-6-4-5-10/h11-12H,4,6-8H2,1-3H3. The fraction of sp³-hybridized carbons (Fsp3) is 0.889. The summed E-state index contributed by atoms with van der Waals surface area (Å²) in [4.78, 5) is 0. The molecule has 0 aromatic heterocycles. The monoisotopic (exact) mass is 169 g/mol. The van der Waals surface area contributed by atoms with Crippen LogP contribution >= 0.6 is 0 Å². The van der Waals surface area contributed by atoms with Crippen molar-refractivity contribution < 1.29 is 0 Å². The van der Waals surface area contributed by atoms with Crippen molar-refractivity contribution in [1.82, 2.24) is 10.6 Å². The van der Waals surface area contributed by atoms with E-state index in [1.165, 1.54) is 0 Å². The van der Waals surface area contributed by atoms with Gasteiger partial charge in [-0.1, -0.05) is 0 Å². The molecular formula is C9H19N3. The number of rotatable bonds is 5. The van der Waals surface area contributed by atoms with Gasteiger partial charge in [-0.2, -0.15) is 5.26 Å². The van der Waals surface area contributed by atoms with E-state index >= 15 is 0 Å². The zero-order valence-corrected chi connectivity index (χ0v) is 8.28. The Morgan fingerprint density at radius 1 is 1.17 bits per heavy atom. The van der Waals surface area contributed by atoms with Crippen LogP contribution < -0.4 is 10.6 Å². The Bertz CT molecular complexity index is 141. The van der Waals surface area contributed by atoms with Crippen LogP contribution in [0.15, 0.2) is 0 Å². The largest absolute Gasteiger partial charge is 0.314 e. The Balaban J connectivity index is 3.07. The van der Waals surface area contributed by atoms with Crippen LogP contribution in [0.25, 0.3) is 0 Å². The van der Waals surface area contributed by atoms with Gasteiger partial charge in [0.15, 0.2) is 0 Å². The highest BCUT2D eigenvalue weighted by Crippen LogP contribution is 1.96. The minimum absolute atomic E-state index is 0.191. The molecule has 0 spiro atoms. The first-order valence-corrected chi connectivity index (χ1v) is 4.39. The highest BCUT2D eigenvalue weighted by atomic mass is 15.0. The van der Waals surface area contributed by atoms with Gasteiger partial charge in [-0.25, -0.2) is 0 Å². The van der Waals surface area contributed by atoms with Crippen LogP contribution in [0.3, 0.4) is 0 Å². The maximum atomic E-state index is 8.25. The molecular weight excluding hydrogens is 150 g/mol. The topological polar surface area (TPSA) is 47.8 Å². The molecule has 2 N–H and O–H groups in total. The van der Waals surface area contributed by atoms with Crippen molar-refractivity contribution in [1.29, 1.82) is 5.26 Å². The van der Waals surface area contributed by atoms with Crippen LogP contribution in [-0.2, 0) is 0 Å². The molecule has 0 rings (SSSR count). The Labute approximate surface area is 75.2 Å². The molecule has 0 aromatic rings. The quantitative estimate of drug-likeness (QED) is 0.601. The van der Waals surface area contributed by atoms with Gasteiger partial charge in [0, 0.05) is 31.6 Å². The second-order valence-corrected chi connectivity index (χ2v) is 3.83. The zero-order valence-electron chi connectivity index (χ0n) is 8.28. The molecule has 0 atom stereocenters. The van der Waals surface area contributed by atoms with Crippen LogP contribution in [0.1, 0.15) is 27.2 Å². The van der Waals surface area contributed by atoms with E-state index in [2.05, 4.69) is 37.5 Å². The smallest absolute Gasteiger partial charge is 0.0635 e. The third-order valence-corrected chi connectivity index (χ3v) is 1.37. The Morgan fingerprint density at radius 3 is 2.33 bits per heavy atom. The van der Waals surface area contributed by atoms with Gasteiger partial charge in [-0.3, -0.25) is 0 Å². The zero-order chi connectivity index (χ0) is 9.45. The lowest BCUT2D eigenvalue weighted by atomic mass is 10.1. The molecule has 0 amide bonds. The second-order valence-electron chi connectivity index (χ2n) is 3.83. The van der Waals surface area contributed by atoms with Crippen LogP contribution in [0.5, 0.6) is 0 Å². The predicted octanol–water partition coefficient (Wildman–Crippen LogP) is 0.878. The molecule has 0 fully saturated rings. The first-order valence-electron chi connectivity index (χ1n) is 4.39. The number of hydrogen-bond acceptors (Lipinski definition) is 3. The van der Waals surface area contributed by atoms with Gasteiger partial charge in [0.25, 0.3) is 0 Å². The molecule has 0 saturated heterocycles. The number of nitrogens with one attached hydrogen (secondary N) is 2. The molecule has 0 aliphatic rings. The Morgan fingerprint density at radius 2 is 1.83 bits per heavy atom. The highest BCUT2D eigenvalue weighted by molar-refractivity contribution is 4.72. The molecule has 3 nitrogen and oxygen atoms in total. The maximum absolute atomic E-state index is 8.25. The van der Waals surface area contributed by atoms with Crippen molar-refractivity contribution in [3.05, 3.63) is 0 Å². The van der Waals surface area contributed by atoms with Crippen molar-refractivity contribution >= 4 is 0 Å². The van der Waals surface area contributed by atoms with E-state index in [-0.39, 0.29) is 5.54 Å². The van der Waals surface area contributed by atoms with E-state index in [1.807, 2.05) is 0 Å². The van der Waals surface area contributed by atoms with Crippen molar-refractivity contribution in [3.63, 3.8) is 0 Å². The summed E-state index contributed by atoms with van der Waals surface area (Å²) in [6.07, 6.45) is 0.593. The average molecular weight is 169 g/mol. The van der Waals surface area contributed by atoms with Gasteiger partial charge in [-0.15, -0.1) is 0 Å². The van der Waals surface area contributed by atoms with Crippen LogP contribution in [0.4, 0.5) is 0 Å². The van der Waals surface area contributed by atoms with Gasteiger partial charge in [-0.05, 0) is 20.8 Å². The summed E-state index contributed by atoms with van der Waals surface area (Å²) in [5, 5.41) is 14.8. The van der Waals surface area contributed by atoms with E-state index in [0.717, 1.165) is 19.6 Å². The van der Waals surface area contributed by atoms with Gasteiger partial charge in [0.1, 0.15) is 0 Å². The van der Waals surface area contributed by atoms with E-state index < -0.39 is 0 Å². The third-order valence-electron chi connectivity index (χ3n) is 1.37. The second kappa shape index (κ2) is 5.99. The Hall–Kier alpha value is -0.590. The first kappa shape index (κ1) is 11.4. The summed E-state index contributed by atoms with van der Waals surface area (Å²) in [5.41, 5.74) is 0.191. The van der Waals surface area contributed by atoms with Gasteiger partial charge in [0.05, 0.1) is 6.07 Å². The molecule has 12 heavy (non-hydrogen) atoms. The average Bonchev–Trinajstić information content (AvgIpc) is 1.94. The molecule has 0 saturated carbocycles. The molecule has 0 unspecified atom stereocenters. The highest BCUT2D eigenvalue weighted by Gasteiger charge is 2.06. The lowest BCUT2D eigenvalue weighted by Gasteiger charge is -2.20. The fourth-order valence-electron chi connectivity index (χ4n) is 0.795. The Kier molecular flexibility index (Phi) is 5.69. The number of nitriles is 1. The SMILES string of the molecule is CC(C)(C)NCCNCCC#N. The van der Waals surface area contributed by atoms with Gasteiger partial charge in [0.2, 0.25) is 0 Å². The van der Waals surface area contributed by atoms with Gasteiger partial charge < -0.3 is 10.6 Å². The molecule has 0 bridgehead atoms. The summed E-state index contributed by atoms with van der Waals surface area (Å²) in [6, 6.07) is 2.09. The normalized spacial score (nSPS) is 11.2. The predicted molar refractivity (Wildman–Crippen MR) is 50.9 cm³/mol. The summed E-state index contributed by atoms with van der Waals surface area (Å²) in [7, 11) is 0. The lowest BCUT2D eigenvalue weighted by molar-refractivity contribution is 0.422. The molecule has 0 radical (unpaired) electrons.